The molecule has 2 amide bonds. The molecular weight excluding hydrogens is 336 g/mol. The SMILES string of the molecule is COc1ccc(OCC(=O)NC2CCN(C(=O)c3ccco3)CC2)cc1. The lowest BCUT2D eigenvalue weighted by atomic mass is 10.0. The Bertz CT molecular complexity index is 719. The number of carbonyl (C=O) groups is 2. The number of rotatable bonds is 6. The first-order chi connectivity index (χ1) is 12.7. The minimum Gasteiger partial charge on any atom is -0.497 e. The van der Waals surface area contributed by atoms with E-state index < -0.39 is 0 Å². The molecule has 0 spiro atoms. The van der Waals surface area contributed by atoms with E-state index in [4.69, 9.17) is 13.9 Å². The van der Waals surface area contributed by atoms with Gasteiger partial charge in [0.1, 0.15) is 11.5 Å². The van der Waals surface area contributed by atoms with Gasteiger partial charge in [-0.1, -0.05) is 0 Å². The summed E-state index contributed by atoms with van der Waals surface area (Å²) < 4.78 is 15.7. The van der Waals surface area contributed by atoms with Crippen LogP contribution in [0.15, 0.2) is 47.1 Å². The summed E-state index contributed by atoms with van der Waals surface area (Å²) in [5.74, 6) is 1.41. The Morgan fingerprint density at radius 3 is 2.46 bits per heavy atom. The van der Waals surface area contributed by atoms with Crippen LogP contribution in [0.3, 0.4) is 0 Å². The maximum absolute atomic E-state index is 12.2. The molecule has 0 atom stereocenters. The van der Waals surface area contributed by atoms with E-state index in [0.29, 0.717) is 37.4 Å². The van der Waals surface area contributed by atoms with Gasteiger partial charge >= 0.3 is 0 Å². The van der Waals surface area contributed by atoms with Gasteiger partial charge in [0.25, 0.3) is 11.8 Å². The molecule has 0 saturated carbocycles. The average Bonchev–Trinajstić information content (AvgIpc) is 3.21. The molecule has 0 aliphatic carbocycles. The van der Waals surface area contributed by atoms with Crippen molar-refractivity contribution in [3.05, 3.63) is 48.4 Å². The average molecular weight is 358 g/mol. The fourth-order valence-electron chi connectivity index (χ4n) is 2.87. The monoisotopic (exact) mass is 358 g/mol. The van der Waals surface area contributed by atoms with Crippen molar-refractivity contribution in [3.8, 4) is 11.5 Å². The molecule has 2 heterocycles. The molecule has 1 aliphatic rings. The summed E-state index contributed by atoms with van der Waals surface area (Å²) in [7, 11) is 1.59. The van der Waals surface area contributed by atoms with Crippen LogP contribution in [0.2, 0.25) is 0 Å². The maximum atomic E-state index is 12.2. The van der Waals surface area contributed by atoms with Crippen molar-refractivity contribution in [2.24, 2.45) is 0 Å². The van der Waals surface area contributed by atoms with Crippen molar-refractivity contribution in [1.82, 2.24) is 10.2 Å². The summed E-state index contributed by atoms with van der Waals surface area (Å²) in [5, 5.41) is 2.96. The normalized spacial score (nSPS) is 14.7. The van der Waals surface area contributed by atoms with Gasteiger partial charge in [-0.15, -0.1) is 0 Å². The predicted molar refractivity (Wildman–Crippen MR) is 94.3 cm³/mol. The van der Waals surface area contributed by atoms with Crippen LogP contribution in [0.4, 0.5) is 0 Å². The third kappa shape index (κ3) is 4.56. The molecule has 0 unspecified atom stereocenters. The number of ether oxygens (including phenoxy) is 2. The van der Waals surface area contributed by atoms with Crippen LogP contribution in [-0.4, -0.2) is 49.6 Å². The molecule has 26 heavy (non-hydrogen) atoms. The van der Waals surface area contributed by atoms with Gasteiger partial charge in [0.2, 0.25) is 0 Å². The molecule has 1 fully saturated rings. The number of nitrogens with one attached hydrogen (secondary N) is 1. The third-order valence-electron chi connectivity index (χ3n) is 4.31. The van der Waals surface area contributed by atoms with Crippen molar-refractivity contribution >= 4 is 11.8 Å². The molecular formula is C19H22N2O5. The van der Waals surface area contributed by atoms with Gasteiger partial charge in [0.15, 0.2) is 12.4 Å². The third-order valence-corrected chi connectivity index (χ3v) is 4.31. The van der Waals surface area contributed by atoms with E-state index in [1.165, 1.54) is 6.26 Å². The van der Waals surface area contributed by atoms with E-state index in [1.54, 1.807) is 48.4 Å². The molecule has 138 valence electrons. The van der Waals surface area contributed by atoms with E-state index in [0.717, 1.165) is 5.75 Å². The number of amides is 2. The molecule has 7 nitrogen and oxygen atoms in total. The van der Waals surface area contributed by atoms with Gasteiger partial charge in [0, 0.05) is 19.1 Å². The predicted octanol–water partition coefficient (Wildman–Crippen LogP) is 2.09. The maximum Gasteiger partial charge on any atom is 0.289 e. The molecule has 0 radical (unpaired) electrons. The summed E-state index contributed by atoms with van der Waals surface area (Å²) in [6.07, 6.45) is 2.91. The number of furan rings is 1. The highest BCUT2D eigenvalue weighted by Gasteiger charge is 2.25. The first-order valence-corrected chi connectivity index (χ1v) is 8.54. The lowest BCUT2D eigenvalue weighted by Gasteiger charge is -2.31. The summed E-state index contributed by atoms with van der Waals surface area (Å²) in [4.78, 5) is 26.0. The number of hydrogen-bond acceptors (Lipinski definition) is 5. The van der Waals surface area contributed by atoms with Crippen LogP contribution < -0.4 is 14.8 Å². The van der Waals surface area contributed by atoms with Crippen molar-refractivity contribution < 1.29 is 23.5 Å². The largest absolute Gasteiger partial charge is 0.497 e. The van der Waals surface area contributed by atoms with E-state index >= 15 is 0 Å². The second-order valence-electron chi connectivity index (χ2n) is 6.08. The van der Waals surface area contributed by atoms with Crippen LogP contribution in [0.25, 0.3) is 0 Å². The van der Waals surface area contributed by atoms with Gasteiger partial charge in [-0.25, -0.2) is 0 Å². The Morgan fingerprint density at radius 1 is 1.15 bits per heavy atom. The first kappa shape index (κ1) is 17.8. The molecule has 1 aromatic carbocycles. The van der Waals surface area contributed by atoms with Gasteiger partial charge in [-0.05, 0) is 49.2 Å². The van der Waals surface area contributed by atoms with E-state index in [1.807, 2.05) is 0 Å². The molecule has 2 aromatic rings. The van der Waals surface area contributed by atoms with Gasteiger partial charge in [0.05, 0.1) is 13.4 Å². The van der Waals surface area contributed by atoms with E-state index in [-0.39, 0.29) is 24.5 Å². The van der Waals surface area contributed by atoms with Gasteiger partial charge in [-0.2, -0.15) is 0 Å². The first-order valence-electron chi connectivity index (χ1n) is 8.54. The zero-order valence-corrected chi connectivity index (χ0v) is 14.6. The minimum atomic E-state index is -0.170. The highest BCUT2D eigenvalue weighted by molar-refractivity contribution is 5.91. The second kappa shape index (κ2) is 8.42. The number of benzene rings is 1. The zero-order chi connectivity index (χ0) is 18.4. The molecule has 1 saturated heterocycles. The Morgan fingerprint density at radius 2 is 1.85 bits per heavy atom. The van der Waals surface area contributed by atoms with Crippen molar-refractivity contribution in [2.45, 2.75) is 18.9 Å². The summed E-state index contributed by atoms with van der Waals surface area (Å²) in [6.45, 7) is 1.13. The number of carbonyl (C=O) groups excluding carboxylic acids is 2. The highest BCUT2D eigenvalue weighted by Crippen LogP contribution is 2.17. The number of nitrogens with zero attached hydrogens (tertiary/aromatic N) is 1. The molecule has 1 aromatic heterocycles. The fraction of sp³-hybridized carbons (Fsp3) is 0.368. The Balaban J connectivity index is 1.39. The number of hydrogen-bond donors (Lipinski definition) is 1. The second-order valence-corrected chi connectivity index (χ2v) is 6.08. The molecule has 0 bridgehead atoms. The standard InChI is InChI=1S/C19H22N2O5/c1-24-15-4-6-16(7-5-15)26-13-18(22)20-14-8-10-21(11-9-14)19(23)17-3-2-12-25-17/h2-7,12,14H,8-11,13H2,1H3,(H,20,22). The summed E-state index contributed by atoms with van der Waals surface area (Å²) in [6, 6.07) is 10.5. The quantitative estimate of drug-likeness (QED) is 0.855. The lowest BCUT2D eigenvalue weighted by molar-refractivity contribution is -0.124. The van der Waals surface area contributed by atoms with Crippen LogP contribution in [-0.2, 0) is 4.79 Å². The van der Waals surface area contributed by atoms with Crippen LogP contribution in [0, 0.1) is 0 Å². The van der Waals surface area contributed by atoms with Crippen molar-refractivity contribution in [3.63, 3.8) is 0 Å². The summed E-state index contributed by atoms with van der Waals surface area (Å²) >= 11 is 0. The smallest absolute Gasteiger partial charge is 0.289 e. The Kier molecular flexibility index (Phi) is 5.78. The van der Waals surface area contributed by atoms with Gasteiger partial charge < -0.3 is 24.1 Å². The zero-order valence-electron chi connectivity index (χ0n) is 14.6. The van der Waals surface area contributed by atoms with Crippen LogP contribution in [0.1, 0.15) is 23.4 Å². The topological polar surface area (TPSA) is 81.0 Å². The van der Waals surface area contributed by atoms with Crippen LogP contribution >= 0.6 is 0 Å². The molecule has 3 rings (SSSR count). The molecule has 1 N–H and O–H groups in total. The fourth-order valence-corrected chi connectivity index (χ4v) is 2.87. The number of piperidine rings is 1. The summed E-state index contributed by atoms with van der Waals surface area (Å²) in [5.41, 5.74) is 0. The number of likely N-dealkylation sites (tertiary alicyclic amines) is 1. The number of methoxy groups -OCH3 is 1. The lowest BCUT2D eigenvalue weighted by Crippen LogP contribution is -2.47. The minimum absolute atomic E-state index is 0.0438. The van der Waals surface area contributed by atoms with Crippen molar-refractivity contribution in [1.29, 1.82) is 0 Å². The van der Waals surface area contributed by atoms with E-state index in [9.17, 15) is 9.59 Å². The van der Waals surface area contributed by atoms with Gasteiger partial charge in [-0.3, -0.25) is 9.59 Å². The highest BCUT2D eigenvalue weighted by atomic mass is 16.5. The van der Waals surface area contributed by atoms with Crippen molar-refractivity contribution in [2.75, 3.05) is 26.8 Å². The molecule has 1 aliphatic heterocycles. The molecule has 7 heteroatoms. The van der Waals surface area contributed by atoms with E-state index in [2.05, 4.69) is 5.32 Å². The Labute approximate surface area is 151 Å². The Hall–Kier alpha value is -2.96. The van der Waals surface area contributed by atoms with Crippen LogP contribution in [0.5, 0.6) is 11.5 Å².